The third-order valence-electron chi connectivity index (χ3n) is 3.79. The molecule has 148 valence electrons. The molecule has 0 saturated heterocycles. The molecular weight excluding hydrogens is 391 g/mol. The molecule has 1 aromatic heterocycles. The third kappa shape index (κ3) is 8.13. The molecule has 0 spiro atoms. The molecular formula is C19H24Cl2N2O4. The fourth-order valence-corrected chi connectivity index (χ4v) is 2.55. The summed E-state index contributed by atoms with van der Waals surface area (Å²) in [5.74, 6) is 0.196. The van der Waals surface area contributed by atoms with Crippen molar-refractivity contribution < 1.29 is 19.4 Å². The number of aromatic nitrogens is 1. The third-order valence-corrected chi connectivity index (χ3v) is 4.00. The number of methoxy groups -OCH3 is 1. The lowest BCUT2D eigenvalue weighted by Gasteiger charge is -2.17. The molecule has 8 heteroatoms. The minimum Gasteiger partial charge on any atom is -0.482 e. The number of aliphatic hydroxyl groups excluding tert-OH is 1. The van der Waals surface area contributed by atoms with Crippen LogP contribution in [0.4, 0.5) is 0 Å². The number of ether oxygens (including phenoxy) is 2. The van der Waals surface area contributed by atoms with Crippen molar-refractivity contribution in [2.24, 2.45) is 0 Å². The summed E-state index contributed by atoms with van der Waals surface area (Å²) in [4.78, 5) is 15.2. The molecule has 1 aromatic carbocycles. The lowest BCUT2D eigenvalue weighted by atomic mass is 10.1. The number of carbonyl (C=O) groups excluding carboxylic acids is 1. The van der Waals surface area contributed by atoms with E-state index in [-0.39, 0.29) is 25.1 Å². The Kier molecular flexibility index (Phi) is 10.1. The molecule has 6 nitrogen and oxygen atoms in total. The Morgan fingerprint density at radius 2 is 1.96 bits per heavy atom. The van der Waals surface area contributed by atoms with E-state index in [2.05, 4.69) is 15.0 Å². The Hall–Kier alpha value is -1.86. The molecule has 0 aliphatic rings. The maximum absolute atomic E-state index is 11.1. The number of esters is 1. The molecule has 2 aromatic rings. The molecule has 2 atom stereocenters. The second kappa shape index (κ2) is 11.8. The number of halogens is 2. The van der Waals surface area contributed by atoms with Gasteiger partial charge in [-0.3, -0.25) is 0 Å². The van der Waals surface area contributed by atoms with Crippen molar-refractivity contribution in [1.29, 1.82) is 0 Å². The van der Waals surface area contributed by atoms with E-state index in [9.17, 15) is 9.90 Å². The molecule has 2 N–H and O–H groups in total. The first kappa shape index (κ1) is 23.2. The predicted molar refractivity (Wildman–Crippen MR) is 107 cm³/mol. The number of nitrogens with one attached hydrogen (secondary N) is 1. The van der Waals surface area contributed by atoms with Crippen molar-refractivity contribution in [1.82, 2.24) is 10.3 Å². The van der Waals surface area contributed by atoms with E-state index in [4.69, 9.17) is 16.3 Å². The minimum atomic E-state index is -0.717. The molecule has 0 bridgehead atoms. The van der Waals surface area contributed by atoms with Crippen LogP contribution in [0.15, 0.2) is 42.5 Å². The normalized spacial score (nSPS) is 12.6. The maximum atomic E-state index is 11.1. The van der Waals surface area contributed by atoms with E-state index in [1.165, 1.54) is 7.11 Å². The summed E-state index contributed by atoms with van der Waals surface area (Å²) in [7, 11) is 1.32. The number of aliphatic hydroxyl groups is 1. The summed E-state index contributed by atoms with van der Waals surface area (Å²) in [5.41, 5.74) is 1.66. The highest BCUT2D eigenvalue weighted by Crippen LogP contribution is 2.15. The summed E-state index contributed by atoms with van der Waals surface area (Å²) >= 11 is 5.84. The molecule has 0 aliphatic heterocycles. The van der Waals surface area contributed by atoms with Gasteiger partial charge < -0.3 is 19.9 Å². The Labute approximate surface area is 170 Å². The molecule has 1 heterocycles. The summed E-state index contributed by atoms with van der Waals surface area (Å²) in [6.07, 6.45) is 0.0673. The fourth-order valence-electron chi connectivity index (χ4n) is 2.38. The second-order valence-electron chi connectivity index (χ2n) is 5.92. The molecule has 27 heavy (non-hydrogen) atoms. The summed E-state index contributed by atoms with van der Waals surface area (Å²) in [6.45, 7) is 2.32. The largest absolute Gasteiger partial charge is 0.482 e. The number of nitrogens with zero attached hydrogens (tertiary/aromatic N) is 1. The van der Waals surface area contributed by atoms with Crippen molar-refractivity contribution in [3.05, 3.63) is 58.9 Å². The van der Waals surface area contributed by atoms with Gasteiger partial charge in [-0.15, -0.1) is 12.4 Å². The van der Waals surface area contributed by atoms with Crippen LogP contribution in [-0.4, -0.2) is 42.4 Å². The van der Waals surface area contributed by atoms with Crippen LogP contribution in [0.25, 0.3) is 0 Å². The smallest absolute Gasteiger partial charge is 0.343 e. The van der Waals surface area contributed by atoms with E-state index >= 15 is 0 Å². The second-order valence-corrected chi connectivity index (χ2v) is 6.31. The zero-order chi connectivity index (χ0) is 18.9. The fraction of sp³-hybridized carbons (Fsp3) is 0.368. The Morgan fingerprint density at radius 1 is 1.26 bits per heavy atom. The van der Waals surface area contributed by atoms with Crippen molar-refractivity contribution >= 4 is 30.0 Å². The molecule has 2 rings (SSSR count). The van der Waals surface area contributed by atoms with Gasteiger partial charge in [-0.25, -0.2) is 9.78 Å². The zero-order valence-electron chi connectivity index (χ0n) is 15.2. The van der Waals surface area contributed by atoms with Gasteiger partial charge in [0.2, 0.25) is 0 Å². The topological polar surface area (TPSA) is 80.7 Å². The number of hydrogen-bond donors (Lipinski definition) is 2. The first-order valence-corrected chi connectivity index (χ1v) is 8.68. The molecule has 2 unspecified atom stereocenters. The molecule has 0 amide bonds. The summed E-state index contributed by atoms with van der Waals surface area (Å²) in [6, 6.07) is 12.9. The van der Waals surface area contributed by atoms with Gasteiger partial charge in [-0.05, 0) is 43.2 Å². The predicted octanol–water partition coefficient (Wildman–Crippen LogP) is 2.96. The number of benzene rings is 1. The van der Waals surface area contributed by atoms with Crippen LogP contribution in [-0.2, 0) is 16.0 Å². The van der Waals surface area contributed by atoms with E-state index < -0.39 is 12.1 Å². The number of rotatable bonds is 9. The van der Waals surface area contributed by atoms with Gasteiger partial charge >= 0.3 is 5.97 Å². The van der Waals surface area contributed by atoms with Gasteiger partial charge in [0.25, 0.3) is 0 Å². The molecule has 0 radical (unpaired) electrons. The monoisotopic (exact) mass is 414 g/mol. The highest BCUT2D eigenvalue weighted by molar-refractivity contribution is 6.29. The van der Waals surface area contributed by atoms with Crippen LogP contribution in [0.3, 0.4) is 0 Å². The molecule has 0 fully saturated rings. The highest BCUT2D eigenvalue weighted by Gasteiger charge is 2.11. The van der Waals surface area contributed by atoms with Gasteiger partial charge in [0.05, 0.1) is 12.8 Å². The Morgan fingerprint density at radius 3 is 2.59 bits per heavy atom. The van der Waals surface area contributed by atoms with Gasteiger partial charge in [0.1, 0.15) is 17.0 Å². The Bertz CT molecular complexity index is 713. The van der Waals surface area contributed by atoms with Crippen molar-refractivity contribution in [3.63, 3.8) is 0 Å². The average molecular weight is 415 g/mol. The zero-order valence-corrected chi connectivity index (χ0v) is 16.8. The van der Waals surface area contributed by atoms with Crippen LogP contribution in [0.1, 0.15) is 24.3 Å². The summed E-state index contributed by atoms with van der Waals surface area (Å²) in [5, 5.41) is 13.8. The van der Waals surface area contributed by atoms with E-state index in [1.807, 2.05) is 31.2 Å². The average Bonchev–Trinajstić information content (AvgIpc) is 2.65. The van der Waals surface area contributed by atoms with Crippen LogP contribution in [0, 0.1) is 0 Å². The first-order valence-electron chi connectivity index (χ1n) is 8.30. The van der Waals surface area contributed by atoms with Gasteiger partial charge in [0, 0.05) is 12.6 Å². The van der Waals surface area contributed by atoms with Gasteiger partial charge in [0.15, 0.2) is 6.61 Å². The van der Waals surface area contributed by atoms with Crippen LogP contribution < -0.4 is 10.1 Å². The lowest BCUT2D eigenvalue weighted by molar-refractivity contribution is -0.142. The lowest BCUT2D eigenvalue weighted by Crippen LogP contribution is -2.32. The molecule has 0 saturated carbocycles. The van der Waals surface area contributed by atoms with Crippen molar-refractivity contribution in [2.75, 3.05) is 20.3 Å². The van der Waals surface area contributed by atoms with E-state index in [0.29, 0.717) is 23.1 Å². The van der Waals surface area contributed by atoms with E-state index in [0.717, 1.165) is 12.0 Å². The van der Waals surface area contributed by atoms with Crippen LogP contribution in [0.2, 0.25) is 5.15 Å². The first-order chi connectivity index (χ1) is 12.5. The number of carbonyl (C=O) groups is 1. The van der Waals surface area contributed by atoms with Crippen molar-refractivity contribution in [3.8, 4) is 5.75 Å². The standard InChI is InChI=1S/C19H23ClN2O4.ClH/c1-13(21-11-17(23)16-4-3-5-18(20)22-16)10-14-6-8-15(9-7-14)26-12-19(24)25-2;/h3-9,13,17,21,23H,10-12H2,1-2H3;1H. The molecule has 0 aliphatic carbocycles. The minimum absolute atomic E-state index is 0. The SMILES string of the molecule is COC(=O)COc1ccc(CC(C)NCC(O)c2cccc(Cl)n2)cc1.Cl. The summed E-state index contributed by atoms with van der Waals surface area (Å²) < 4.78 is 9.84. The van der Waals surface area contributed by atoms with E-state index in [1.54, 1.807) is 18.2 Å². The van der Waals surface area contributed by atoms with Crippen LogP contribution in [0.5, 0.6) is 5.75 Å². The van der Waals surface area contributed by atoms with Crippen LogP contribution >= 0.6 is 24.0 Å². The maximum Gasteiger partial charge on any atom is 0.343 e. The Balaban J connectivity index is 0.00000364. The number of hydrogen-bond acceptors (Lipinski definition) is 6. The quantitative estimate of drug-likeness (QED) is 0.484. The highest BCUT2D eigenvalue weighted by atomic mass is 35.5. The van der Waals surface area contributed by atoms with Gasteiger partial charge in [-0.2, -0.15) is 0 Å². The van der Waals surface area contributed by atoms with Crippen molar-refractivity contribution in [2.45, 2.75) is 25.5 Å². The number of pyridine rings is 1. The van der Waals surface area contributed by atoms with Gasteiger partial charge in [-0.1, -0.05) is 29.8 Å².